The van der Waals surface area contributed by atoms with Crippen LogP contribution in [0, 0.1) is 0 Å². The van der Waals surface area contributed by atoms with Crippen LogP contribution in [0.25, 0.3) is 0 Å². The predicted molar refractivity (Wildman–Crippen MR) is 73.6 cm³/mol. The Kier molecular flexibility index (Phi) is 5.44. The molecule has 17 heavy (non-hydrogen) atoms. The van der Waals surface area contributed by atoms with Crippen LogP contribution < -0.4 is 5.32 Å². The second kappa shape index (κ2) is 6.39. The van der Waals surface area contributed by atoms with E-state index in [0.29, 0.717) is 6.04 Å². The number of halogens is 1. The molecule has 0 saturated heterocycles. The van der Waals surface area contributed by atoms with Crippen LogP contribution in [0.5, 0.6) is 0 Å². The normalized spacial score (nSPS) is 13.7. The summed E-state index contributed by atoms with van der Waals surface area (Å²) in [5.74, 6) is 0. The quantitative estimate of drug-likeness (QED) is 0.835. The minimum atomic E-state index is -0.130. The molecule has 1 atom stereocenters. The SMILES string of the molecule is CCOC(C)(C)CNC(C)c1ccc(Cl)cc1. The highest BCUT2D eigenvalue weighted by Crippen LogP contribution is 2.17. The highest BCUT2D eigenvalue weighted by molar-refractivity contribution is 6.30. The molecule has 0 amide bonds. The Morgan fingerprint density at radius 3 is 2.41 bits per heavy atom. The first-order valence-electron chi connectivity index (χ1n) is 6.07. The molecule has 0 aliphatic carbocycles. The molecular weight excluding hydrogens is 234 g/mol. The Balaban J connectivity index is 2.49. The Labute approximate surface area is 109 Å². The number of benzene rings is 1. The van der Waals surface area contributed by atoms with Gasteiger partial charge in [-0.2, -0.15) is 0 Å². The summed E-state index contributed by atoms with van der Waals surface area (Å²) < 4.78 is 5.65. The predicted octanol–water partition coefficient (Wildman–Crippen LogP) is 3.81. The molecule has 0 aliphatic heterocycles. The fourth-order valence-electron chi connectivity index (χ4n) is 1.71. The molecule has 96 valence electrons. The molecule has 0 bridgehead atoms. The molecule has 3 heteroatoms. The molecule has 1 aromatic rings. The van der Waals surface area contributed by atoms with Crippen molar-refractivity contribution in [2.75, 3.05) is 13.2 Å². The zero-order chi connectivity index (χ0) is 12.9. The number of hydrogen-bond donors (Lipinski definition) is 1. The summed E-state index contributed by atoms with van der Waals surface area (Å²) in [4.78, 5) is 0. The summed E-state index contributed by atoms with van der Waals surface area (Å²) in [6, 6.07) is 8.24. The standard InChI is InChI=1S/C14H22ClNO/c1-5-17-14(3,4)10-16-11(2)12-6-8-13(15)9-7-12/h6-9,11,16H,5,10H2,1-4H3. The Bertz CT molecular complexity index is 335. The molecule has 0 saturated carbocycles. The molecule has 0 fully saturated rings. The van der Waals surface area contributed by atoms with Crippen LogP contribution in [0.2, 0.25) is 5.02 Å². The average molecular weight is 256 g/mol. The third-order valence-corrected chi connectivity index (χ3v) is 2.99. The van der Waals surface area contributed by atoms with Gasteiger partial charge in [0, 0.05) is 24.2 Å². The molecule has 0 spiro atoms. The van der Waals surface area contributed by atoms with Crippen molar-refractivity contribution in [3.05, 3.63) is 34.9 Å². The third-order valence-electron chi connectivity index (χ3n) is 2.74. The van der Waals surface area contributed by atoms with Crippen LogP contribution in [0.15, 0.2) is 24.3 Å². The van der Waals surface area contributed by atoms with Gasteiger partial charge in [0.2, 0.25) is 0 Å². The maximum atomic E-state index is 5.87. The van der Waals surface area contributed by atoms with Crippen molar-refractivity contribution in [3.63, 3.8) is 0 Å². The van der Waals surface area contributed by atoms with E-state index in [9.17, 15) is 0 Å². The van der Waals surface area contributed by atoms with Crippen LogP contribution >= 0.6 is 11.6 Å². The van der Waals surface area contributed by atoms with Gasteiger partial charge < -0.3 is 10.1 Å². The molecule has 1 aromatic carbocycles. The Morgan fingerprint density at radius 1 is 1.29 bits per heavy atom. The molecule has 0 radical (unpaired) electrons. The van der Waals surface area contributed by atoms with Crippen molar-refractivity contribution in [1.29, 1.82) is 0 Å². The smallest absolute Gasteiger partial charge is 0.0750 e. The van der Waals surface area contributed by atoms with E-state index in [1.807, 2.05) is 31.2 Å². The number of hydrogen-bond acceptors (Lipinski definition) is 2. The van der Waals surface area contributed by atoms with E-state index in [-0.39, 0.29) is 5.60 Å². The van der Waals surface area contributed by atoms with Gasteiger partial charge in [-0.1, -0.05) is 23.7 Å². The van der Waals surface area contributed by atoms with Gasteiger partial charge in [-0.25, -0.2) is 0 Å². The second-order valence-corrected chi connectivity index (χ2v) is 5.28. The molecular formula is C14H22ClNO. The van der Waals surface area contributed by atoms with E-state index in [1.165, 1.54) is 5.56 Å². The number of nitrogens with one attached hydrogen (secondary N) is 1. The summed E-state index contributed by atoms with van der Waals surface area (Å²) in [7, 11) is 0. The highest BCUT2D eigenvalue weighted by Gasteiger charge is 2.18. The van der Waals surface area contributed by atoms with Crippen LogP contribution in [0.4, 0.5) is 0 Å². The lowest BCUT2D eigenvalue weighted by Gasteiger charge is -2.27. The first kappa shape index (κ1) is 14.5. The van der Waals surface area contributed by atoms with Gasteiger partial charge in [0.05, 0.1) is 5.60 Å². The van der Waals surface area contributed by atoms with Crippen molar-refractivity contribution in [2.24, 2.45) is 0 Å². The Hall–Kier alpha value is -0.570. The van der Waals surface area contributed by atoms with Crippen LogP contribution in [-0.2, 0) is 4.74 Å². The molecule has 0 aromatic heterocycles. The lowest BCUT2D eigenvalue weighted by molar-refractivity contribution is -0.0103. The van der Waals surface area contributed by atoms with Crippen molar-refractivity contribution < 1.29 is 4.74 Å². The van der Waals surface area contributed by atoms with Gasteiger partial charge in [-0.15, -0.1) is 0 Å². The lowest BCUT2D eigenvalue weighted by Crippen LogP contribution is -2.38. The summed E-state index contributed by atoms with van der Waals surface area (Å²) >= 11 is 5.87. The van der Waals surface area contributed by atoms with Gasteiger partial charge >= 0.3 is 0 Å². The summed E-state index contributed by atoms with van der Waals surface area (Å²) in [5, 5.41) is 4.25. The van der Waals surface area contributed by atoms with Crippen molar-refractivity contribution in [3.8, 4) is 0 Å². The molecule has 2 nitrogen and oxygen atoms in total. The van der Waals surface area contributed by atoms with Gasteiger partial charge in [0.1, 0.15) is 0 Å². The van der Waals surface area contributed by atoms with Crippen molar-refractivity contribution in [1.82, 2.24) is 5.32 Å². The molecule has 0 heterocycles. The van der Waals surface area contributed by atoms with E-state index >= 15 is 0 Å². The molecule has 0 aliphatic rings. The number of rotatable bonds is 6. The first-order valence-corrected chi connectivity index (χ1v) is 6.45. The lowest BCUT2D eigenvalue weighted by atomic mass is 10.1. The number of ether oxygens (including phenoxy) is 1. The van der Waals surface area contributed by atoms with E-state index in [1.54, 1.807) is 0 Å². The van der Waals surface area contributed by atoms with Gasteiger partial charge in [-0.05, 0) is 45.4 Å². The zero-order valence-electron chi connectivity index (χ0n) is 11.1. The Morgan fingerprint density at radius 2 is 1.88 bits per heavy atom. The first-order chi connectivity index (χ1) is 7.94. The van der Waals surface area contributed by atoms with Gasteiger partial charge in [0.25, 0.3) is 0 Å². The monoisotopic (exact) mass is 255 g/mol. The van der Waals surface area contributed by atoms with Crippen molar-refractivity contribution >= 4 is 11.6 Å². The topological polar surface area (TPSA) is 21.3 Å². The fraction of sp³-hybridized carbons (Fsp3) is 0.571. The van der Waals surface area contributed by atoms with Crippen molar-refractivity contribution in [2.45, 2.75) is 39.3 Å². The minimum absolute atomic E-state index is 0.130. The highest BCUT2D eigenvalue weighted by atomic mass is 35.5. The second-order valence-electron chi connectivity index (χ2n) is 4.85. The van der Waals surface area contributed by atoms with Crippen LogP contribution in [0.3, 0.4) is 0 Å². The van der Waals surface area contributed by atoms with Gasteiger partial charge in [0.15, 0.2) is 0 Å². The van der Waals surface area contributed by atoms with E-state index in [2.05, 4.69) is 26.1 Å². The van der Waals surface area contributed by atoms with Gasteiger partial charge in [-0.3, -0.25) is 0 Å². The minimum Gasteiger partial charge on any atom is -0.375 e. The molecule has 1 unspecified atom stereocenters. The maximum Gasteiger partial charge on any atom is 0.0750 e. The zero-order valence-corrected chi connectivity index (χ0v) is 11.8. The fourth-order valence-corrected chi connectivity index (χ4v) is 1.84. The molecule has 1 N–H and O–H groups in total. The van der Waals surface area contributed by atoms with E-state index < -0.39 is 0 Å². The maximum absolute atomic E-state index is 5.87. The third kappa shape index (κ3) is 5.07. The summed E-state index contributed by atoms with van der Waals surface area (Å²) in [6.45, 7) is 9.92. The molecule has 1 rings (SSSR count). The van der Waals surface area contributed by atoms with E-state index in [0.717, 1.165) is 18.2 Å². The largest absolute Gasteiger partial charge is 0.375 e. The summed E-state index contributed by atoms with van der Waals surface area (Å²) in [6.07, 6.45) is 0. The average Bonchev–Trinajstić information content (AvgIpc) is 2.27. The summed E-state index contributed by atoms with van der Waals surface area (Å²) in [5.41, 5.74) is 1.11. The van der Waals surface area contributed by atoms with Crippen LogP contribution in [-0.4, -0.2) is 18.8 Å². The van der Waals surface area contributed by atoms with E-state index in [4.69, 9.17) is 16.3 Å². The van der Waals surface area contributed by atoms with Crippen LogP contribution in [0.1, 0.15) is 39.3 Å².